The number of hydrogen-bond acceptors (Lipinski definition) is 4. The third-order valence-corrected chi connectivity index (χ3v) is 4.02. The van der Waals surface area contributed by atoms with Crippen LogP contribution in [0.25, 0.3) is 21.8 Å². The Morgan fingerprint density at radius 3 is 2.71 bits per heavy atom. The molecular weight excluding hydrogens is 356 g/mol. The highest BCUT2D eigenvalue weighted by Crippen LogP contribution is 2.21. The molecule has 1 aromatic carbocycles. The molecule has 2 aromatic heterocycles. The molecule has 3 aromatic rings. The summed E-state index contributed by atoms with van der Waals surface area (Å²) in [6.07, 6.45) is 2.49. The first-order valence-corrected chi connectivity index (χ1v) is 8.85. The average molecular weight is 378 g/mol. The van der Waals surface area contributed by atoms with Crippen LogP contribution in [0.5, 0.6) is 0 Å². The first-order valence-electron chi connectivity index (χ1n) is 8.85. The molecule has 28 heavy (non-hydrogen) atoms. The lowest BCUT2D eigenvalue weighted by atomic mass is 10.1. The van der Waals surface area contributed by atoms with Crippen LogP contribution in [0.15, 0.2) is 35.3 Å². The molecule has 0 fully saturated rings. The minimum absolute atomic E-state index is 0.115. The standard InChI is InChI=1S/C18H16N4O.C3H6O2/c1-22(11-3-8-19)10-2-4-13-5-6-16-15(12-13)14-7-9-20-17(14)18(23)21-16;1-2-3(4)5/h5-7,9,12,20H,3,10-11H2,1H3,(H,21,23);2H2,1H3,(H,4,5). The number of hydrogen-bond donors (Lipinski definition) is 3. The maximum absolute atomic E-state index is 11.9. The van der Waals surface area contributed by atoms with Gasteiger partial charge in [-0.1, -0.05) is 18.8 Å². The molecule has 2 heterocycles. The van der Waals surface area contributed by atoms with E-state index in [1.807, 2.05) is 36.2 Å². The van der Waals surface area contributed by atoms with Crippen molar-refractivity contribution in [1.82, 2.24) is 14.9 Å². The van der Waals surface area contributed by atoms with E-state index >= 15 is 0 Å². The fourth-order valence-corrected chi connectivity index (χ4v) is 2.52. The lowest BCUT2D eigenvalue weighted by Gasteiger charge is -2.09. The van der Waals surface area contributed by atoms with Gasteiger partial charge >= 0.3 is 5.97 Å². The first kappa shape index (κ1) is 20.8. The summed E-state index contributed by atoms with van der Waals surface area (Å²) in [5, 5.41) is 18.2. The second-order valence-electron chi connectivity index (χ2n) is 6.18. The van der Waals surface area contributed by atoms with Crippen LogP contribution in [-0.2, 0) is 4.79 Å². The van der Waals surface area contributed by atoms with E-state index < -0.39 is 5.97 Å². The Balaban J connectivity index is 0.000000500. The van der Waals surface area contributed by atoms with Crippen molar-refractivity contribution in [3.63, 3.8) is 0 Å². The summed E-state index contributed by atoms with van der Waals surface area (Å²) in [4.78, 5) is 29.1. The van der Waals surface area contributed by atoms with E-state index in [-0.39, 0.29) is 12.0 Å². The molecule has 0 amide bonds. The van der Waals surface area contributed by atoms with E-state index in [4.69, 9.17) is 10.4 Å². The van der Waals surface area contributed by atoms with Crippen molar-refractivity contribution in [3.05, 3.63) is 46.4 Å². The number of nitriles is 1. The molecule has 0 radical (unpaired) electrons. The summed E-state index contributed by atoms with van der Waals surface area (Å²) >= 11 is 0. The predicted molar refractivity (Wildman–Crippen MR) is 109 cm³/mol. The average Bonchev–Trinajstić information content (AvgIpc) is 3.18. The Morgan fingerprint density at radius 1 is 1.29 bits per heavy atom. The van der Waals surface area contributed by atoms with E-state index in [1.165, 1.54) is 0 Å². The number of carboxylic acids is 1. The lowest BCUT2D eigenvalue weighted by Crippen LogP contribution is -2.19. The molecule has 0 saturated heterocycles. The van der Waals surface area contributed by atoms with Crippen LogP contribution < -0.4 is 5.56 Å². The summed E-state index contributed by atoms with van der Waals surface area (Å²) in [5.74, 6) is 5.51. The molecule has 0 saturated carbocycles. The largest absolute Gasteiger partial charge is 0.481 e. The second kappa shape index (κ2) is 9.96. The van der Waals surface area contributed by atoms with Crippen molar-refractivity contribution in [1.29, 1.82) is 5.26 Å². The highest BCUT2D eigenvalue weighted by molar-refractivity contribution is 6.04. The number of nitrogens with zero attached hydrogens (tertiary/aromatic N) is 2. The van der Waals surface area contributed by atoms with Gasteiger partial charge in [-0.25, -0.2) is 0 Å². The number of aliphatic carboxylic acids is 1. The van der Waals surface area contributed by atoms with Gasteiger partial charge in [0.2, 0.25) is 0 Å². The summed E-state index contributed by atoms with van der Waals surface area (Å²) < 4.78 is 0. The minimum atomic E-state index is -0.745. The Hall–Kier alpha value is -3.55. The van der Waals surface area contributed by atoms with Crippen molar-refractivity contribution in [2.24, 2.45) is 0 Å². The predicted octanol–water partition coefficient (Wildman–Crippen LogP) is 2.69. The number of aromatic nitrogens is 2. The van der Waals surface area contributed by atoms with Gasteiger partial charge in [0.25, 0.3) is 5.56 Å². The Labute approximate surface area is 162 Å². The number of benzene rings is 1. The summed E-state index contributed by atoms with van der Waals surface area (Å²) in [6, 6.07) is 9.80. The number of rotatable bonds is 4. The van der Waals surface area contributed by atoms with Crippen LogP contribution in [0.1, 0.15) is 25.3 Å². The molecule has 0 bridgehead atoms. The van der Waals surface area contributed by atoms with Crippen LogP contribution in [0.2, 0.25) is 0 Å². The van der Waals surface area contributed by atoms with Crippen LogP contribution in [0, 0.1) is 23.2 Å². The van der Waals surface area contributed by atoms with Gasteiger partial charge in [-0.05, 0) is 31.3 Å². The maximum Gasteiger partial charge on any atom is 0.303 e. The third kappa shape index (κ3) is 5.47. The van der Waals surface area contributed by atoms with E-state index in [1.54, 1.807) is 13.1 Å². The number of fused-ring (bicyclic) bond motifs is 3. The zero-order valence-electron chi connectivity index (χ0n) is 15.9. The third-order valence-electron chi connectivity index (χ3n) is 4.02. The molecule has 0 atom stereocenters. The van der Waals surface area contributed by atoms with E-state index in [9.17, 15) is 9.59 Å². The molecule has 0 unspecified atom stereocenters. The molecular formula is C21H22N4O3. The molecule has 3 rings (SSSR count). The van der Waals surface area contributed by atoms with E-state index in [0.717, 1.165) is 21.9 Å². The number of pyridine rings is 1. The number of carbonyl (C=O) groups is 1. The Kier molecular flexibility index (Phi) is 7.38. The van der Waals surface area contributed by atoms with E-state index in [0.29, 0.717) is 25.0 Å². The first-order chi connectivity index (χ1) is 13.5. The number of aromatic amines is 2. The zero-order valence-corrected chi connectivity index (χ0v) is 15.9. The van der Waals surface area contributed by atoms with Crippen molar-refractivity contribution < 1.29 is 9.90 Å². The summed E-state index contributed by atoms with van der Waals surface area (Å²) in [7, 11) is 1.94. The van der Waals surface area contributed by atoms with Gasteiger partial charge in [0.15, 0.2) is 0 Å². The second-order valence-corrected chi connectivity index (χ2v) is 6.18. The molecule has 7 nitrogen and oxygen atoms in total. The van der Waals surface area contributed by atoms with Gasteiger partial charge in [-0.2, -0.15) is 5.26 Å². The summed E-state index contributed by atoms with van der Waals surface area (Å²) in [5.41, 5.74) is 2.17. The monoisotopic (exact) mass is 378 g/mol. The van der Waals surface area contributed by atoms with Crippen molar-refractivity contribution >= 4 is 27.8 Å². The van der Waals surface area contributed by atoms with Crippen molar-refractivity contribution in [2.75, 3.05) is 20.1 Å². The molecule has 7 heteroatoms. The number of H-pyrrole nitrogens is 2. The van der Waals surface area contributed by atoms with Gasteiger partial charge < -0.3 is 15.1 Å². The van der Waals surface area contributed by atoms with Gasteiger partial charge in [0.1, 0.15) is 5.52 Å². The van der Waals surface area contributed by atoms with Gasteiger partial charge in [0.05, 0.1) is 12.6 Å². The normalized spacial score (nSPS) is 10.1. The molecule has 0 aliphatic carbocycles. The lowest BCUT2D eigenvalue weighted by molar-refractivity contribution is -0.136. The fourth-order valence-electron chi connectivity index (χ4n) is 2.52. The van der Waals surface area contributed by atoms with Gasteiger partial charge in [0, 0.05) is 47.4 Å². The highest BCUT2D eigenvalue weighted by atomic mass is 16.4. The van der Waals surface area contributed by atoms with Gasteiger partial charge in [-0.15, -0.1) is 0 Å². The van der Waals surface area contributed by atoms with Crippen molar-refractivity contribution in [3.8, 4) is 17.9 Å². The molecule has 0 spiro atoms. The highest BCUT2D eigenvalue weighted by Gasteiger charge is 2.06. The zero-order chi connectivity index (χ0) is 20.5. The quantitative estimate of drug-likeness (QED) is 0.604. The summed E-state index contributed by atoms with van der Waals surface area (Å²) in [6.45, 7) is 2.93. The fraction of sp³-hybridized carbons (Fsp3) is 0.286. The maximum atomic E-state index is 11.9. The molecule has 0 aliphatic heterocycles. The number of carboxylic acid groups (broad SMARTS) is 1. The topological polar surface area (TPSA) is 113 Å². The van der Waals surface area contributed by atoms with Crippen LogP contribution in [0.4, 0.5) is 0 Å². The van der Waals surface area contributed by atoms with Crippen LogP contribution >= 0.6 is 0 Å². The Bertz CT molecular complexity index is 1130. The van der Waals surface area contributed by atoms with Gasteiger partial charge in [-0.3, -0.25) is 14.5 Å². The van der Waals surface area contributed by atoms with Crippen LogP contribution in [0.3, 0.4) is 0 Å². The van der Waals surface area contributed by atoms with Crippen LogP contribution in [-0.4, -0.2) is 46.1 Å². The SMILES string of the molecule is CCC(=O)O.CN(CC#Cc1ccc2[nH]c(=O)c3[nH]ccc3c2c1)CCC#N. The molecule has 3 N–H and O–H groups in total. The number of nitrogens with one attached hydrogen (secondary N) is 2. The van der Waals surface area contributed by atoms with E-state index in [2.05, 4.69) is 27.9 Å². The van der Waals surface area contributed by atoms with Crippen molar-refractivity contribution in [2.45, 2.75) is 19.8 Å². The Morgan fingerprint density at radius 2 is 2.04 bits per heavy atom. The molecule has 0 aliphatic rings. The molecule has 144 valence electrons. The minimum Gasteiger partial charge on any atom is -0.481 e. The smallest absolute Gasteiger partial charge is 0.303 e.